The second-order valence-corrected chi connectivity index (χ2v) is 7.23. The maximum absolute atomic E-state index is 12.8. The zero-order valence-electron chi connectivity index (χ0n) is 14.3. The third-order valence-corrected chi connectivity index (χ3v) is 5.55. The number of carbonyl (C=O) groups is 2. The van der Waals surface area contributed by atoms with Gasteiger partial charge in [0.05, 0.1) is 12.0 Å². The van der Waals surface area contributed by atoms with E-state index in [9.17, 15) is 14.7 Å². The Labute approximate surface area is 142 Å². The van der Waals surface area contributed by atoms with Gasteiger partial charge in [-0.1, -0.05) is 38.1 Å². The van der Waals surface area contributed by atoms with Gasteiger partial charge in [-0.25, -0.2) is 4.79 Å². The van der Waals surface area contributed by atoms with Crippen LogP contribution in [0.25, 0.3) is 0 Å². The number of ether oxygens (including phenoxy) is 1. The van der Waals surface area contributed by atoms with E-state index in [1.165, 1.54) is 4.90 Å². The highest BCUT2D eigenvalue weighted by Crippen LogP contribution is 2.40. The summed E-state index contributed by atoms with van der Waals surface area (Å²) in [5, 5.41) is 11.6. The van der Waals surface area contributed by atoms with E-state index in [-0.39, 0.29) is 18.9 Å². The van der Waals surface area contributed by atoms with Crippen LogP contribution < -0.4 is 5.11 Å². The smallest absolute Gasteiger partial charge is 0.411 e. The van der Waals surface area contributed by atoms with Crippen LogP contribution >= 0.6 is 0 Å². The summed E-state index contributed by atoms with van der Waals surface area (Å²) < 4.78 is 5.89. The summed E-state index contributed by atoms with van der Waals surface area (Å²) in [7, 11) is 0. The number of fused-ring (bicyclic) bond motifs is 1. The van der Waals surface area contributed by atoms with Crippen LogP contribution in [0.2, 0.25) is 0 Å². The van der Waals surface area contributed by atoms with Crippen molar-refractivity contribution in [3.8, 4) is 0 Å². The summed E-state index contributed by atoms with van der Waals surface area (Å²) in [5.41, 5.74) is 1.46. The van der Waals surface area contributed by atoms with Crippen LogP contribution in [0.15, 0.2) is 24.3 Å². The molecule has 0 saturated heterocycles. The molecule has 24 heavy (non-hydrogen) atoms. The highest BCUT2D eigenvalue weighted by molar-refractivity contribution is 5.80. The number of amides is 1. The highest BCUT2D eigenvalue weighted by atomic mass is 16.6. The van der Waals surface area contributed by atoms with E-state index in [1.54, 1.807) is 0 Å². The highest BCUT2D eigenvalue weighted by Gasteiger charge is 2.43. The molecule has 1 atom stereocenters. The van der Waals surface area contributed by atoms with Crippen molar-refractivity contribution in [1.82, 2.24) is 4.90 Å². The average Bonchev–Trinajstić information content (AvgIpc) is 3.03. The lowest BCUT2D eigenvalue weighted by Crippen LogP contribution is -2.55. The summed E-state index contributed by atoms with van der Waals surface area (Å²) >= 11 is 0. The molecule has 1 aliphatic heterocycles. The van der Waals surface area contributed by atoms with E-state index in [0.717, 1.165) is 36.8 Å². The molecule has 1 fully saturated rings. The van der Waals surface area contributed by atoms with Gasteiger partial charge in [0.25, 0.3) is 0 Å². The molecule has 1 amide bonds. The molecule has 1 aromatic carbocycles. The molecular formula is C19H24NO4-. The number of hydrogen-bond acceptors (Lipinski definition) is 4. The lowest BCUT2D eigenvalue weighted by molar-refractivity contribution is -0.311. The molecule has 0 aromatic heterocycles. The van der Waals surface area contributed by atoms with Gasteiger partial charge in [0.15, 0.2) is 0 Å². The van der Waals surface area contributed by atoms with Gasteiger partial charge in [-0.05, 0) is 49.1 Å². The minimum absolute atomic E-state index is 0.211. The second-order valence-electron chi connectivity index (χ2n) is 7.23. The maximum Gasteiger partial charge on any atom is 0.411 e. The first-order valence-corrected chi connectivity index (χ1v) is 8.70. The number of carboxylic acid groups (broad SMARTS) is 1. The summed E-state index contributed by atoms with van der Waals surface area (Å²) in [4.78, 5) is 25.7. The first-order valence-electron chi connectivity index (χ1n) is 8.70. The Hall–Kier alpha value is -2.04. The van der Waals surface area contributed by atoms with Crippen molar-refractivity contribution in [2.24, 2.45) is 5.92 Å². The Bertz CT molecular complexity index is 634. The zero-order valence-corrected chi connectivity index (χ0v) is 14.3. The Morgan fingerprint density at radius 2 is 1.83 bits per heavy atom. The average molecular weight is 330 g/mol. The molecule has 1 unspecified atom stereocenters. The van der Waals surface area contributed by atoms with Gasteiger partial charge in [0.1, 0.15) is 5.60 Å². The van der Waals surface area contributed by atoms with Gasteiger partial charge in [-0.15, -0.1) is 0 Å². The molecule has 0 spiro atoms. The van der Waals surface area contributed by atoms with Crippen molar-refractivity contribution >= 4 is 12.1 Å². The number of hydrogen-bond donors (Lipinski definition) is 0. The van der Waals surface area contributed by atoms with E-state index in [1.807, 2.05) is 24.3 Å². The first kappa shape index (κ1) is 16.8. The number of aliphatic carboxylic acids is 1. The molecular weight excluding hydrogens is 306 g/mol. The van der Waals surface area contributed by atoms with Crippen LogP contribution in [0.1, 0.15) is 50.7 Å². The summed E-state index contributed by atoms with van der Waals surface area (Å²) in [6.07, 6.45) is 3.50. The van der Waals surface area contributed by atoms with Crippen LogP contribution in [0.3, 0.4) is 0 Å². The number of carbonyl (C=O) groups excluding carboxylic acids is 2. The molecule has 2 aliphatic rings. The van der Waals surface area contributed by atoms with Gasteiger partial charge < -0.3 is 14.6 Å². The molecule has 0 bridgehead atoms. The summed E-state index contributed by atoms with van der Waals surface area (Å²) in [5.74, 6) is -1.02. The predicted molar refractivity (Wildman–Crippen MR) is 87.0 cm³/mol. The fourth-order valence-corrected chi connectivity index (χ4v) is 3.93. The SMILES string of the molecule is CC(C)C1(OC(=O)N2Cc3ccccc3CC2C(=O)[O-])CCCC1. The molecule has 1 aromatic rings. The van der Waals surface area contributed by atoms with E-state index >= 15 is 0 Å². The lowest BCUT2D eigenvalue weighted by atomic mass is 9.88. The van der Waals surface area contributed by atoms with Gasteiger partial charge in [0, 0.05) is 6.54 Å². The number of rotatable bonds is 3. The second kappa shape index (κ2) is 6.46. The van der Waals surface area contributed by atoms with E-state index in [2.05, 4.69) is 13.8 Å². The van der Waals surface area contributed by atoms with Crippen LogP contribution in [-0.4, -0.2) is 28.6 Å². The molecule has 1 aliphatic carbocycles. The fourth-order valence-electron chi connectivity index (χ4n) is 3.93. The molecule has 1 heterocycles. The number of benzene rings is 1. The Morgan fingerprint density at radius 1 is 1.21 bits per heavy atom. The molecule has 5 heteroatoms. The topological polar surface area (TPSA) is 69.7 Å². The van der Waals surface area contributed by atoms with Crippen molar-refractivity contribution in [3.05, 3.63) is 35.4 Å². The quantitative estimate of drug-likeness (QED) is 0.852. The van der Waals surface area contributed by atoms with E-state index < -0.39 is 23.7 Å². The van der Waals surface area contributed by atoms with Crippen molar-refractivity contribution < 1.29 is 19.4 Å². The lowest BCUT2D eigenvalue weighted by Gasteiger charge is -2.40. The molecule has 0 radical (unpaired) electrons. The van der Waals surface area contributed by atoms with Crippen LogP contribution in [0.5, 0.6) is 0 Å². The standard InChI is InChI=1S/C19H25NO4/c1-13(2)19(9-5-6-10-19)24-18(23)20-12-15-8-4-3-7-14(15)11-16(20)17(21)22/h3-4,7-8,13,16H,5-6,9-12H2,1-2H3,(H,21,22)/p-1. The van der Waals surface area contributed by atoms with Crippen molar-refractivity contribution in [1.29, 1.82) is 0 Å². The van der Waals surface area contributed by atoms with Gasteiger partial charge >= 0.3 is 6.09 Å². The van der Waals surface area contributed by atoms with E-state index in [4.69, 9.17) is 4.74 Å². The Balaban J connectivity index is 1.83. The monoisotopic (exact) mass is 330 g/mol. The normalized spacial score (nSPS) is 22.3. The maximum atomic E-state index is 12.8. The minimum atomic E-state index is -1.23. The largest absolute Gasteiger partial charge is 0.548 e. The van der Waals surface area contributed by atoms with Gasteiger partial charge in [0.2, 0.25) is 0 Å². The van der Waals surface area contributed by atoms with Crippen molar-refractivity contribution in [3.63, 3.8) is 0 Å². The summed E-state index contributed by atoms with van der Waals surface area (Å²) in [6, 6.07) is 6.63. The molecule has 1 saturated carbocycles. The number of carboxylic acids is 1. The van der Waals surface area contributed by atoms with Crippen LogP contribution in [0.4, 0.5) is 4.79 Å². The van der Waals surface area contributed by atoms with Crippen LogP contribution in [0, 0.1) is 5.92 Å². The Morgan fingerprint density at radius 3 is 2.42 bits per heavy atom. The third kappa shape index (κ3) is 2.99. The van der Waals surface area contributed by atoms with Crippen molar-refractivity contribution in [2.75, 3.05) is 0 Å². The minimum Gasteiger partial charge on any atom is -0.548 e. The van der Waals surface area contributed by atoms with E-state index in [0.29, 0.717) is 0 Å². The molecule has 0 N–H and O–H groups in total. The molecule has 3 rings (SSSR count). The van der Waals surface area contributed by atoms with Gasteiger partial charge in [-0.3, -0.25) is 4.90 Å². The van der Waals surface area contributed by atoms with Crippen molar-refractivity contribution in [2.45, 2.75) is 64.1 Å². The molecule has 5 nitrogen and oxygen atoms in total. The number of nitrogens with zero attached hydrogens (tertiary/aromatic N) is 1. The van der Waals surface area contributed by atoms with Gasteiger partial charge in [-0.2, -0.15) is 0 Å². The first-order chi connectivity index (χ1) is 11.4. The van der Waals surface area contributed by atoms with Crippen LogP contribution in [-0.2, 0) is 22.5 Å². The third-order valence-electron chi connectivity index (χ3n) is 5.55. The Kier molecular flexibility index (Phi) is 4.52. The molecule has 130 valence electrons. The summed E-state index contributed by atoms with van der Waals surface area (Å²) in [6.45, 7) is 4.36. The zero-order chi connectivity index (χ0) is 17.3. The fraction of sp³-hybridized carbons (Fsp3) is 0.579. The predicted octanol–water partition coefficient (Wildman–Crippen LogP) is 2.27.